The molecule has 2 unspecified atom stereocenters. The summed E-state index contributed by atoms with van der Waals surface area (Å²) in [7, 11) is 2.10. The maximum atomic E-state index is 13.1. The third kappa shape index (κ3) is 4.07. The molecular weight excluding hydrogens is 227 g/mol. The summed E-state index contributed by atoms with van der Waals surface area (Å²) in [5.74, 6) is 0.670. The van der Waals surface area contributed by atoms with E-state index in [0.717, 1.165) is 31.1 Å². The third-order valence-electron chi connectivity index (χ3n) is 3.63. The van der Waals surface area contributed by atoms with Crippen molar-refractivity contribution in [3.8, 4) is 0 Å². The quantitative estimate of drug-likeness (QED) is 0.883. The predicted molar refractivity (Wildman–Crippen MR) is 72.9 cm³/mol. The summed E-state index contributed by atoms with van der Waals surface area (Å²) >= 11 is 0. The molecule has 100 valence electrons. The standard InChI is InChI=1S/C15H23FN2/c1-12-6-7-17-15(8-12)11-18(2)10-13-4-3-5-14(16)9-13/h3-5,9,12,15,17H,6-8,10-11H2,1-2H3. The Hall–Kier alpha value is -0.930. The zero-order valence-electron chi connectivity index (χ0n) is 11.3. The monoisotopic (exact) mass is 250 g/mol. The summed E-state index contributed by atoms with van der Waals surface area (Å²) in [4.78, 5) is 2.27. The van der Waals surface area contributed by atoms with Crippen molar-refractivity contribution in [1.29, 1.82) is 0 Å². The maximum Gasteiger partial charge on any atom is 0.123 e. The molecule has 1 aliphatic rings. The van der Waals surface area contributed by atoms with Gasteiger partial charge in [0.25, 0.3) is 0 Å². The fourth-order valence-corrected chi connectivity index (χ4v) is 2.75. The van der Waals surface area contributed by atoms with E-state index in [4.69, 9.17) is 0 Å². The zero-order valence-corrected chi connectivity index (χ0v) is 11.3. The van der Waals surface area contributed by atoms with Crippen LogP contribution in [0.1, 0.15) is 25.3 Å². The molecule has 2 rings (SSSR count). The fourth-order valence-electron chi connectivity index (χ4n) is 2.75. The lowest BCUT2D eigenvalue weighted by Gasteiger charge is -2.31. The first-order valence-electron chi connectivity index (χ1n) is 6.80. The Bertz CT molecular complexity index is 381. The molecule has 0 spiro atoms. The second-order valence-electron chi connectivity index (χ2n) is 5.61. The second-order valence-corrected chi connectivity index (χ2v) is 5.61. The van der Waals surface area contributed by atoms with Crippen molar-refractivity contribution in [3.05, 3.63) is 35.6 Å². The van der Waals surface area contributed by atoms with Gasteiger partial charge >= 0.3 is 0 Å². The first kappa shape index (κ1) is 13.5. The molecule has 1 saturated heterocycles. The van der Waals surface area contributed by atoms with Gasteiger partial charge in [0, 0.05) is 19.1 Å². The molecule has 1 N–H and O–H groups in total. The summed E-state index contributed by atoms with van der Waals surface area (Å²) in [6.45, 7) is 5.28. The molecule has 2 atom stereocenters. The summed E-state index contributed by atoms with van der Waals surface area (Å²) in [5, 5.41) is 3.56. The number of benzene rings is 1. The van der Waals surface area contributed by atoms with Crippen LogP contribution < -0.4 is 5.32 Å². The molecule has 1 heterocycles. The van der Waals surface area contributed by atoms with Crippen LogP contribution in [-0.2, 0) is 6.54 Å². The van der Waals surface area contributed by atoms with E-state index < -0.39 is 0 Å². The Labute approximate surface area is 109 Å². The highest BCUT2D eigenvalue weighted by molar-refractivity contribution is 5.16. The highest BCUT2D eigenvalue weighted by Gasteiger charge is 2.19. The average Bonchev–Trinajstić information content (AvgIpc) is 2.28. The summed E-state index contributed by atoms with van der Waals surface area (Å²) in [5.41, 5.74) is 1.04. The molecule has 1 aromatic rings. The summed E-state index contributed by atoms with van der Waals surface area (Å²) < 4.78 is 13.1. The van der Waals surface area contributed by atoms with Crippen molar-refractivity contribution in [1.82, 2.24) is 10.2 Å². The minimum absolute atomic E-state index is 0.148. The van der Waals surface area contributed by atoms with Crippen molar-refractivity contribution in [2.45, 2.75) is 32.4 Å². The van der Waals surface area contributed by atoms with Gasteiger partial charge in [0.2, 0.25) is 0 Å². The van der Waals surface area contributed by atoms with Crippen LogP contribution in [0.3, 0.4) is 0 Å². The SMILES string of the molecule is CC1CCNC(CN(C)Cc2cccc(F)c2)C1. The van der Waals surface area contributed by atoms with E-state index in [1.807, 2.05) is 6.07 Å². The van der Waals surface area contributed by atoms with Crippen molar-refractivity contribution < 1.29 is 4.39 Å². The predicted octanol–water partition coefficient (Wildman–Crippen LogP) is 2.65. The molecule has 18 heavy (non-hydrogen) atoms. The zero-order chi connectivity index (χ0) is 13.0. The summed E-state index contributed by atoms with van der Waals surface area (Å²) in [6, 6.07) is 7.45. The second kappa shape index (κ2) is 6.30. The third-order valence-corrected chi connectivity index (χ3v) is 3.63. The maximum absolute atomic E-state index is 13.1. The number of hydrogen-bond donors (Lipinski definition) is 1. The van der Waals surface area contributed by atoms with E-state index in [2.05, 4.69) is 24.2 Å². The highest BCUT2D eigenvalue weighted by atomic mass is 19.1. The molecule has 0 saturated carbocycles. The van der Waals surface area contributed by atoms with Gasteiger partial charge in [-0.2, -0.15) is 0 Å². The molecule has 0 amide bonds. The van der Waals surface area contributed by atoms with Gasteiger partial charge in [-0.1, -0.05) is 19.1 Å². The fraction of sp³-hybridized carbons (Fsp3) is 0.600. The normalized spacial score (nSPS) is 24.4. The number of piperidine rings is 1. The lowest BCUT2D eigenvalue weighted by Crippen LogP contribution is -2.44. The topological polar surface area (TPSA) is 15.3 Å². The van der Waals surface area contributed by atoms with Crippen LogP contribution in [0.4, 0.5) is 4.39 Å². The molecule has 2 nitrogen and oxygen atoms in total. The van der Waals surface area contributed by atoms with Gasteiger partial charge in [-0.15, -0.1) is 0 Å². The van der Waals surface area contributed by atoms with Gasteiger partial charge in [0.15, 0.2) is 0 Å². The van der Waals surface area contributed by atoms with E-state index in [9.17, 15) is 4.39 Å². The van der Waals surface area contributed by atoms with Gasteiger partial charge in [0.05, 0.1) is 0 Å². The van der Waals surface area contributed by atoms with Crippen molar-refractivity contribution in [2.24, 2.45) is 5.92 Å². The van der Waals surface area contributed by atoms with Crippen LogP contribution >= 0.6 is 0 Å². The molecule has 1 aromatic carbocycles. The number of hydrogen-bond acceptors (Lipinski definition) is 2. The van der Waals surface area contributed by atoms with Gasteiger partial charge < -0.3 is 10.2 Å². The number of likely N-dealkylation sites (N-methyl/N-ethyl adjacent to an activating group) is 1. The van der Waals surface area contributed by atoms with E-state index in [-0.39, 0.29) is 5.82 Å². The number of nitrogens with one attached hydrogen (secondary N) is 1. The number of halogens is 1. The Kier molecular flexibility index (Phi) is 4.72. The van der Waals surface area contributed by atoms with Crippen LogP contribution in [0, 0.1) is 11.7 Å². The van der Waals surface area contributed by atoms with E-state index >= 15 is 0 Å². The Morgan fingerprint density at radius 2 is 2.28 bits per heavy atom. The lowest BCUT2D eigenvalue weighted by atomic mass is 9.94. The largest absolute Gasteiger partial charge is 0.313 e. The van der Waals surface area contributed by atoms with Crippen molar-refractivity contribution in [2.75, 3.05) is 20.1 Å². The highest BCUT2D eigenvalue weighted by Crippen LogP contribution is 2.16. The van der Waals surface area contributed by atoms with E-state index in [0.29, 0.717) is 6.04 Å². The van der Waals surface area contributed by atoms with E-state index in [1.165, 1.54) is 18.9 Å². The van der Waals surface area contributed by atoms with Crippen LogP contribution in [-0.4, -0.2) is 31.1 Å². The summed E-state index contributed by atoms with van der Waals surface area (Å²) in [6.07, 6.45) is 2.53. The first-order chi connectivity index (χ1) is 8.63. The first-order valence-corrected chi connectivity index (χ1v) is 6.80. The van der Waals surface area contributed by atoms with E-state index in [1.54, 1.807) is 12.1 Å². The smallest absolute Gasteiger partial charge is 0.123 e. The average molecular weight is 250 g/mol. The lowest BCUT2D eigenvalue weighted by molar-refractivity contribution is 0.230. The Morgan fingerprint density at radius 1 is 1.44 bits per heavy atom. The number of nitrogens with zero attached hydrogens (tertiary/aromatic N) is 1. The van der Waals surface area contributed by atoms with Gasteiger partial charge in [-0.3, -0.25) is 0 Å². The molecule has 1 fully saturated rings. The Balaban J connectivity index is 1.82. The van der Waals surface area contributed by atoms with Crippen molar-refractivity contribution in [3.63, 3.8) is 0 Å². The van der Waals surface area contributed by atoms with Gasteiger partial charge in [-0.05, 0) is 50.0 Å². The number of rotatable bonds is 4. The molecule has 0 aromatic heterocycles. The van der Waals surface area contributed by atoms with Crippen LogP contribution in [0.15, 0.2) is 24.3 Å². The molecule has 1 aliphatic heterocycles. The molecule has 3 heteroatoms. The van der Waals surface area contributed by atoms with Gasteiger partial charge in [0.1, 0.15) is 5.82 Å². The van der Waals surface area contributed by atoms with Crippen LogP contribution in [0.25, 0.3) is 0 Å². The molecular formula is C15H23FN2. The Morgan fingerprint density at radius 3 is 3.00 bits per heavy atom. The minimum Gasteiger partial charge on any atom is -0.313 e. The molecule has 0 aliphatic carbocycles. The van der Waals surface area contributed by atoms with Crippen molar-refractivity contribution >= 4 is 0 Å². The molecule has 0 radical (unpaired) electrons. The minimum atomic E-state index is -0.148. The van der Waals surface area contributed by atoms with Crippen LogP contribution in [0.5, 0.6) is 0 Å². The van der Waals surface area contributed by atoms with Gasteiger partial charge in [-0.25, -0.2) is 4.39 Å². The van der Waals surface area contributed by atoms with Crippen LogP contribution in [0.2, 0.25) is 0 Å². The molecule has 0 bridgehead atoms.